The Kier molecular flexibility index (Phi) is 7.43. The van der Waals surface area contributed by atoms with Crippen LogP contribution in [0.15, 0.2) is 65.5 Å². The molecule has 3 aromatic rings. The summed E-state index contributed by atoms with van der Waals surface area (Å²) in [6.07, 6.45) is 0.911. The van der Waals surface area contributed by atoms with Gasteiger partial charge in [-0.2, -0.15) is 0 Å². The molecule has 0 saturated carbocycles. The van der Waals surface area contributed by atoms with Gasteiger partial charge < -0.3 is 23.7 Å². The Bertz CT molecular complexity index is 1650. The molecule has 1 N–H and O–H groups in total. The highest BCUT2D eigenvalue weighted by Gasteiger charge is 2.56. The van der Waals surface area contributed by atoms with Crippen LogP contribution >= 0.6 is 0 Å². The summed E-state index contributed by atoms with van der Waals surface area (Å²) in [4.78, 5) is 57.6. The third-order valence-corrected chi connectivity index (χ3v) is 8.82. The van der Waals surface area contributed by atoms with Gasteiger partial charge in [0.2, 0.25) is 5.91 Å². The van der Waals surface area contributed by atoms with Crippen LogP contribution in [0, 0.1) is 11.3 Å². The summed E-state index contributed by atoms with van der Waals surface area (Å²) in [6, 6.07) is 16.4. The lowest BCUT2D eigenvalue weighted by atomic mass is 9.75. The summed E-state index contributed by atoms with van der Waals surface area (Å²) in [7, 11) is 4.57. The van der Waals surface area contributed by atoms with Gasteiger partial charge in [-0.25, -0.2) is 9.69 Å². The zero-order valence-corrected chi connectivity index (χ0v) is 24.4. The largest absolute Gasteiger partial charge is 0.497 e. The molecule has 224 valence electrons. The van der Waals surface area contributed by atoms with E-state index in [2.05, 4.69) is 10.2 Å². The van der Waals surface area contributed by atoms with Crippen LogP contribution < -0.4 is 30.0 Å². The van der Waals surface area contributed by atoms with E-state index in [4.69, 9.17) is 14.2 Å². The molecule has 0 radical (unpaired) electrons. The first-order valence-electron chi connectivity index (χ1n) is 14.2. The molecule has 3 aliphatic rings. The molecule has 3 aliphatic heterocycles. The molecule has 43 heavy (non-hydrogen) atoms. The van der Waals surface area contributed by atoms with Crippen LogP contribution in [-0.2, 0) is 22.6 Å². The highest BCUT2D eigenvalue weighted by Crippen LogP contribution is 2.41. The molecule has 11 nitrogen and oxygen atoms in total. The van der Waals surface area contributed by atoms with Crippen molar-refractivity contribution in [2.24, 2.45) is 11.3 Å². The van der Waals surface area contributed by atoms with Crippen LogP contribution in [0.4, 0.5) is 10.5 Å². The highest BCUT2D eigenvalue weighted by molar-refractivity contribution is 6.30. The smallest absolute Gasteiger partial charge is 0.335 e. The van der Waals surface area contributed by atoms with Crippen molar-refractivity contribution < 1.29 is 28.6 Å². The van der Waals surface area contributed by atoms with E-state index in [1.165, 1.54) is 14.2 Å². The zero-order valence-electron chi connectivity index (χ0n) is 24.4. The fourth-order valence-corrected chi connectivity index (χ4v) is 6.84. The summed E-state index contributed by atoms with van der Waals surface area (Å²) < 4.78 is 18.2. The molecule has 0 aliphatic carbocycles. The van der Waals surface area contributed by atoms with Crippen molar-refractivity contribution in [3.63, 3.8) is 0 Å². The summed E-state index contributed by atoms with van der Waals surface area (Å²) in [5.41, 5.74) is 0.205. The number of piperidine rings is 1. The predicted molar refractivity (Wildman–Crippen MR) is 158 cm³/mol. The fourth-order valence-electron chi connectivity index (χ4n) is 6.84. The number of aromatic nitrogens is 1. The van der Waals surface area contributed by atoms with E-state index in [1.54, 1.807) is 61.7 Å². The number of pyridine rings is 1. The van der Waals surface area contributed by atoms with E-state index in [0.29, 0.717) is 48.1 Å². The number of methoxy groups -OCH3 is 3. The number of fused-ring (bicyclic) bond motifs is 4. The van der Waals surface area contributed by atoms with Gasteiger partial charge in [-0.15, -0.1) is 0 Å². The SMILES string of the molecule is COc1cccc(N2C(=O)NC(=O)[C@@](Cc3ccc(OC)cc3OC)(CN3C[C@@H]4C[C@H](C3)c3cccc(=O)n3C4)C2=O)c1. The minimum atomic E-state index is -1.67. The number of hydrogen-bond donors (Lipinski definition) is 1. The molecule has 0 unspecified atom stereocenters. The van der Waals surface area contributed by atoms with Gasteiger partial charge in [-0.1, -0.05) is 18.2 Å². The Morgan fingerprint density at radius 1 is 0.860 bits per heavy atom. The average Bonchev–Trinajstić information content (AvgIpc) is 3.01. The highest BCUT2D eigenvalue weighted by atomic mass is 16.5. The maximum atomic E-state index is 14.6. The molecule has 4 amide bonds. The minimum absolute atomic E-state index is 0.0134. The third-order valence-electron chi connectivity index (χ3n) is 8.82. The molecule has 2 bridgehead atoms. The number of urea groups is 1. The molecular weight excluding hydrogens is 552 g/mol. The van der Waals surface area contributed by atoms with E-state index in [-0.39, 0.29) is 30.4 Å². The van der Waals surface area contributed by atoms with E-state index in [0.717, 1.165) is 17.0 Å². The van der Waals surface area contributed by atoms with E-state index < -0.39 is 23.3 Å². The summed E-state index contributed by atoms with van der Waals surface area (Å²) in [6.45, 7) is 1.82. The van der Waals surface area contributed by atoms with E-state index >= 15 is 0 Å². The first-order chi connectivity index (χ1) is 20.8. The van der Waals surface area contributed by atoms with Crippen molar-refractivity contribution in [3.8, 4) is 17.2 Å². The van der Waals surface area contributed by atoms with Gasteiger partial charge in [-0.3, -0.25) is 19.7 Å². The molecule has 4 heterocycles. The summed E-state index contributed by atoms with van der Waals surface area (Å²) >= 11 is 0. The summed E-state index contributed by atoms with van der Waals surface area (Å²) in [5.74, 6) is 0.471. The number of anilines is 1. The first kappa shape index (κ1) is 28.5. The van der Waals surface area contributed by atoms with Crippen molar-refractivity contribution in [3.05, 3.63) is 82.3 Å². The van der Waals surface area contributed by atoms with Crippen LogP contribution in [0.25, 0.3) is 0 Å². The van der Waals surface area contributed by atoms with Crippen LogP contribution in [0.1, 0.15) is 23.6 Å². The number of carbonyl (C=O) groups excluding carboxylic acids is 3. The van der Waals surface area contributed by atoms with Crippen molar-refractivity contribution >= 4 is 23.5 Å². The van der Waals surface area contributed by atoms with Crippen LogP contribution in [0.3, 0.4) is 0 Å². The van der Waals surface area contributed by atoms with Gasteiger partial charge in [0.1, 0.15) is 22.7 Å². The van der Waals surface area contributed by atoms with Gasteiger partial charge in [0.15, 0.2) is 0 Å². The molecule has 6 rings (SSSR count). The molecule has 11 heteroatoms. The van der Waals surface area contributed by atoms with Crippen LogP contribution in [-0.4, -0.2) is 68.3 Å². The van der Waals surface area contributed by atoms with Gasteiger partial charge in [0, 0.05) is 62.4 Å². The monoisotopic (exact) mass is 586 g/mol. The Morgan fingerprint density at radius 2 is 1.63 bits per heavy atom. The standard InChI is InChI=1S/C32H34N4O7/c1-41-24-7-4-6-23(13-24)36-30(39)32(29(38)33-31(36)40,15-21-10-11-25(42-2)14-27(21)43-3)19-34-16-20-12-22(18-34)26-8-5-9-28(37)35(26)17-20/h4-11,13-14,20,22H,12,15-19H2,1-3H3,(H,33,38,40)/t20-,22+,32+/m0/s1. The number of likely N-dealkylation sites (tertiary alicyclic amines) is 1. The molecule has 2 saturated heterocycles. The third kappa shape index (κ3) is 5.03. The summed E-state index contributed by atoms with van der Waals surface area (Å²) in [5, 5.41) is 2.48. The lowest BCUT2D eigenvalue weighted by molar-refractivity contribution is -0.144. The fraction of sp³-hybridized carbons (Fsp3) is 0.375. The number of ether oxygens (including phenoxy) is 3. The topological polar surface area (TPSA) is 119 Å². The van der Waals surface area contributed by atoms with Crippen molar-refractivity contribution in [1.29, 1.82) is 0 Å². The Balaban J connectivity index is 1.41. The second-order valence-electron chi connectivity index (χ2n) is 11.4. The van der Waals surface area contributed by atoms with Gasteiger partial charge >= 0.3 is 6.03 Å². The molecule has 2 aromatic carbocycles. The van der Waals surface area contributed by atoms with E-state index in [9.17, 15) is 19.2 Å². The molecule has 3 atom stereocenters. The number of hydrogen-bond acceptors (Lipinski definition) is 8. The normalized spacial score (nSPS) is 23.4. The van der Waals surface area contributed by atoms with Crippen molar-refractivity contribution in [2.45, 2.75) is 25.3 Å². The van der Waals surface area contributed by atoms with Gasteiger partial charge in [0.25, 0.3) is 11.5 Å². The predicted octanol–water partition coefficient (Wildman–Crippen LogP) is 2.81. The average molecular weight is 587 g/mol. The van der Waals surface area contributed by atoms with Crippen molar-refractivity contribution in [2.75, 3.05) is 45.9 Å². The number of carbonyl (C=O) groups is 3. The zero-order chi connectivity index (χ0) is 30.3. The number of amides is 4. The Hall–Kier alpha value is -4.64. The van der Waals surface area contributed by atoms with Crippen LogP contribution in [0.5, 0.6) is 17.2 Å². The lowest BCUT2D eigenvalue weighted by Crippen LogP contribution is -2.68. The molecule has 2 fully saturated rings. The Labute approximate surface area is 248 Å². The number of barbiturate groups is 1. The van der Waals surface area contributed by atoms with Crippen molar-refractivity contribution in [1.82, 2.24) is 14.8 Å². The number of rotatable bonds is 8. The second kappa shape index (κ2) is 11.2. The molecular formula is C32H34N4O7. The van der Waals surface area contributed by atoms with E-state index in [1.807, 2.05) is 10.6 Å². The quantitative estimate of drug-likeness (QED) is 0.401. The first-order valence-corrected chi connectivity index (χ1v) is 14.2. The van der Waals surface area contributed by atoms with Crippen LogP contribution in [0.2, 0.25) is 0 Å². The number of nitrogens with one attached hydrogen (secondary N) is 1. The minimum Gasteiger partial charge on any atom is -0.497 e. The molecule has 1 aromatic heterocycles. The number of benzene rings is 2. The molecule has 0 spiro atoms. The Morgan fingerprint density at radius 3 is 2.40 bits per heavy atom. The second-order valence-corrected chi connectivity index (χ2v) is 11.4. The maximum Gasteiger partial charge on any atom is 0.335 e. The van der Waals surface area contributed by atoms with Gasteiger partial charge in [0.05, 0.1) is 27.0 Å². The lowest BCUT2D eigenvalue weighted by Gasteiger charge is -2.47. The maximum absolute atomic E-state index is 14.6. The van der Waals surface area contributed by atoms with Gasteiger partial charge in [-0.05, 0) is 42.2 Å². The number of nitrogens with zero attached hydrogens (tertiary/aromatic N) is 3. The number of imide groups is 2.